The smallest absolute Gasteiger partial charge is 0.0644 e. The van der Waals surface area contributed by atoms with Crippen LogP contribution in [0.5, 0.6) is 0 Å². The Labute approximate surface area is 129 Å². The predicted octanol–water partition coefficient (Wildman–Crippen LogP) is 2.70. The molecule has 0 saturated heterocycles. The topological polar surface area (TPSA) is 50.1 Å². The summed E-state index contributed by atoms with van der Waals surface area (Å²) in [4.78, 5) is 0. The van der Waals surface area contributed by atoms with Crippen molar-refractivity contribution in [2.24, 2.45) is 0 Å². The number of hydrogen-bond donors (Lipinski definition) is 2. The minimum absolute atomic E-state index is 0.136. The molecule has 0 amide bonds. The molecule has 0 aliphatic heterocycles. The van der Waals surface area contributed by atoms with Gasteiger partial charge in [-0.25, -0.2) is 0 Å². The third-order valence-electron chi connectivity index (χ3n) is 4.04. The Balaban J connectivity index is 1.69. The van der Waals surface area contributed by atoms with Gasteiger partial charge in [0, 0.05) is 28.9 Å². The van der Waals surface area contributed by atoms with Gasteiger partial charge in [0.1, 0.15) is 0 Å². The molecule has 0 spiro atoms. The summed E-state index contributed by atoms with van der Waals surface area (Å²) in [5.41, 5.74) is 3.78. The molecule has 1 unspecified atom stereocenters. The highest BCUT2D eigenvalue weighted by Gasteiger charge is 2.23. The van der Waals surface area contributed by atoms with Crippen LogP contribution in [-0.2, 0) is 19.5 Å². The number of rotatable bonds is 5. The summed E-state index contributed by atoms with van der Waals surface area (Å²) in [5, 5.41) is 17.9. The first-order valence-corrected chi connectivity index (χ1v) is 7.79. The lowest BCUT2D eigenvalue weighted by atomic mass is 9.93. The van der Waals surface area contributed by atoms with Gasteiger partial charge in [-0.3, -0.25) is 4.68 Å². The van der Waals surface area contributed by atoms with Crippen LogP contribution in [0.3, 0.4) is 0 Å². The number of aliphatic hydroxyl groups excluding tert-OH is 1. The van der Waals surface area contributed by atoms with E-state index < -0.39 is 0 Å². The zero-order chi connectivity index (χ0) is 14.7. The summed E-state index contributed by atoms with van der Waals surface area (Å²) in [5.74, 6) is 0. The maximum atomic E-state index is 9.09. The minimum Gasteiger partial charge on any atom is -0.394 e. The van der Waals surface area contributed by atoms with Crippen LogP contribution < -0.4 is 5.32 Å². The minimum atomic E-state index is 0.136. The van der Waals surface area contributed by atoms with Gasteiger partial charge in [0.05, 0.1) is 19.3 Å². The fourth-order valence-corrected chi connectivity index (χ4v) is 3.09. The van der Waals surface area contributed by atoms with Crippen molar-refractivity contribution in [3.63, 3.8) is 0 Å². The molecule has 2 aromatic rings. The van der Waals surface area contributed by atoms with Crippen LogP contribution in [0, 0.1) is 0 Å². The van der Waals surface area contributed by atoms with Gasteiger partial charge in [0.25, 0.3) is 0 Å². The average molecular weight is 306 g/mol. The highest BCUT2D eigenvalue weighted by atomic mass is 35.5. The molecule has 0 saturated carbocycles. The van der Waals surface area contributed by atoms with Crippen molar-refractivity contribution in [2.45, 2.75) is 38.4 Å². The summed E-state index contributed by atoms with van der Waals surface area (Å²) in [6, 6.07) is 8.29. The largest absolute Gasteiger partial charge is 0.394 e. The number of halogens is 1. The molecule has 0 bridgehead atoms. The molecule has 1 aromatic carbocycles. The average Bonchev–Trinajstić information content (AvgIpc) is 2.91. The second-order valence-electron chi connectivity index (χ2n) is 5.45. The van der Waals surface area contributed by atoms with Gasteiger partial charge in [-0.15, -0.1) is 0 Å². The van der Waals surface area contributed by atoms with Crippen LogP contribution in [0.2, 0.25) is 5.02 Å². The number of benzene rings is 1. The number of fused-ring (bicyclic) bond motifs is 1. The Kier molecular flexibility index (Phi) is 4.58. The van der Waals surface area contributed by atoms with Crippen LogP contribution in [0.15, 0.2) is 30.5 Å². The van der Waals surface area contributed by atoms with E-state index in [1.165, 1.54) is 16.8 Å². The van der Waals surface area contributed by atoms with E-state index in [0.29, 0.717) is 12.6 Å². The monoisotopic (exact) mass is 305 g/mol. The van der Waals surface area contributed by atoms with Crippen LogP contribution >= 0.6 is 11.6 Å². The highest BCUT2D eigenvalue weighted by Crippen LogP contribution is 2.29. The van der Waals surface area contributed by atoms with Crippen molar-refractivity contribution in [2.75, 3.05) is 6.61 Å². The van der Waals surface area contributed by atoms with Crippen LogP contribution in [0.4, 0.5) is 0 Å². The van der Waals surface area contributed by atoms with Gasteiger partial charge >= 0.3 is 0 Å². The second kappa shape index (κ2) is 6.60. The first-order valence-electron chi connectivity index (χ1n) is 7.41. The lowest BCUT2D eigenvalue weighted by Crippen LogP contribution is -2.25. The molecule has 4 nitrogen and oxygen atoms in total. The van der Waals surface area contributed by atoms with Crippen LogP contribution in [0.25, 0.3) is 0 Å². The van der Waals surface area contributed by atoms with E-state index in [-0.39, 0.29) is 6.61 Å². The van der Waals surface area contributed by atoms with E-state index in [1.54, 1.807) is 0 Å². The SMILES string of the molecule is OCCn1ncc2c1CCCC2NCc1ccc(Cl)cc1. The van der Waals surface area contributed by atoms with Gasteiger partial charge in [-0.2, -0.15) is 5.10 Å². The summed E-state index contributed by atoms with van der Waals surface area (Å²) < 4.78 is 1.94. The molecule has 1 aliphatic carbocycles. The predicted molar refractivity (Wildman–Crippen MR) is 83.3 cm³/mol. The lowest BCUT2D eigenvalue weighted by Gasteiger charge is -2.24. The molecule has 5 heteroatoms. The van der Waals surface area contributed by atoms with Crippen molar-refractivity contribution in [1.29, 1.82) is 0 Å². The van der Waals surface area contributed by atoms with Crippen molar-refractivity contribution in [3.8, 4) is 0 Å². The Morgan fingerprint density at radius 2 is 2.14 bits per heavy atom. The summed E-state index contributed by atoms with van der Waals surface area (Å²) >= 11 is 5.91. The first-order chi connectivity index (χ1) is 10.3. The summed E-state index contributed by atoms with van der Waals surface area (Å²) in [7, 11) is 0. The van der Waals surface area contributed by atoms with Gasteiger partial charge in [0.2, 0.25) is 0 Å². The zero-order valence-electron chi connectivity index (χ0n) is 11.9. The second-order valence-corrected chi connectivity index (χ2v) is 5.88. The molecule has 2 N–H and O–H groups in total. The van der Waals surface area contributed by atoms with Gasteiger partial charge in [-0.05, 0) is 37.0 Å². The normalized spacial score (nSPS) is 17.7. The van der Waals surface area contributed by atoms with E-state index in [9.17, 15) is 0 Å². The molecule has 0 fully saturated rings. The lowest BCUT2D eigenvalue weighted by molar-refractivity contribution is 0.266. The van der Waals surface area contributed by atoms with Crippen molar-refractivity contribution in [1.82, 2.24) is 15.1 Å². The Morgan fingerprint density at radius 3 is 2.90 bits per heavy atom. The molecular formula is C16H20ClN3O. The van der Waals surface area contributed by atoms with E-state index in [2.05, 4.69) is 10.4 Å². The summed E-state index contributed by atoms with van der Waals surface area (Å²) in [6.45, 7) is 1.54. The fraction of sp³-hybridized carbons (Fsp3) is 0.438. The Morgan fingerprint density at radius 1 is 1.33 bits per heavy atom. The maximum Gasteiger partial charge on any atom is 0.0644 e. The summed E-state index contributed by atoms with van der Waals surface area (Å²) in [6.07, 6.45) is 5.28. The van der Waals surface area contributed by atoms with E-state index in [4.69, 9.17) is 16.7 Å². The fourth-order valence-electron chi connectivity index (χ4n) is 2.96. The standard InChI is InChI=1S/C16H20ClN3O/c17-13-6-4-12(5-7-13)10-18-15-2-1-3-16-14(15)11-19-20(16)8-9-21/h4-7,11,15,18,21H,1-3,8-10H2. The van der Waals surface area contributed by atoms with Gasteiger partial charge < -0.3 is 10.4 Å². The molecule has 0 radical (unpaired) electrons. The van der Waals surface area contributed by atoms with E-state index >= 15 is 0 Å². The molecule has 1 atom stereocenters. The number of nitrogens with one attached hydrogen (secondary N) is 1. The van der Waals surface area contributed by atoms with Gasteiger partial charge in [0.15, 0.2) is 0 Å². The molecule has 1 aliphatic rings. The number of nitrogens with zero attached hydrogens (tertiary/aromatic N) is 2. The first kappa shape index (κ1) is 14.6. The Hall–Kier alpha value is -1.36. The van der Waals surface area contributed by atoms with Crippen LogP contribution in [-0.4, -0.2) is 21.5 Å². The molecule has 1 aromatic heterocycles. The number of hydrogen-bond acceptors (Lipinski definition) is 3. The van der Waals surface area contributed by atoms with Gasteiger partial charge in [-0.1, -0.05) is 23.7 Å². The third-order valence-corrected chi connectivity index (χ3v) is 4.29. The molecule has 3 rings (SSSR count). The molecule has 1 heterocycles. The van der Waals surface area contributed by atoms with Crippen molar-refractivity contribution < 1.29 is 5.11 Å². The Bertz CT molecular complexity index is 594. The quantitative estimate of drug-likeness (QED) is 0.893. The van der Waals surface area contributed by atoms with Crippen molar-refractivity contribution in [3.05, 3.63) is 52.3 Å². The number of aromatic nitrogens is 2. The molecular weight excluding hydrogens is 286 g/mol. The zero-order valence-corrected chi connectivity index (χ0v) is 12.7. The van der Waals surface area contributed by atoms with E-state index in [1.807, 2.05) is 35.1 Å². The molecule has 112 valence electrons. The van der Waals surface area contributed by atoms with E-state index in [0.717, 1.165) is 30.8 Å². The maximum absolute atomic E-state index is 9.09. The number of aliphatic hydroxyl groups is 1. The van der Waals surface area contributed by atoms with Crippen LogP contribution in [0.1, 0.15) is 35.7 Å². The van der Waals surface area contributed by atoms with Crippen molar-refractivity contribution >= 4 is 11.6 Å². The highest BCUT2D eigenvalue weighted by molar-refractivity contribution is 6.30. The third kappa shape index (κ3) is 3.28. The molecule has 21 heavy (non-hydrogen) atoms.